The van der Waals surface area contributed by atoms with Gasteiger partial charge >= 0.3 is 0 Å². The number of hydrogen-bond donors (Lipinski definition) is 0. The second-order valence-electron chi connectivity index (χ2n) is 4.43. The molecule has 1 fully saturated rings. The molecule has 0 radical (unpaired) electrons. The molecular formula is C14H19FN2O2. The second kappa shape index (κ2) is 7.86. The smallest absolute Gasteiger partial charge is 0.123 e. The molecule has 0 atom stereocenters. The second-order valence-corrected chi connectivity index (χ2v) is 4.43. The molecule has 1 saturated heterocycles. The lowest BCUT2D eigenvalue weighted by Crippen LogP contribution is -2.37. The van der Waals surface area contributed by atoms with Gasteiger partial charge in [0.25, 0.3) is 0 Å². The molecule has 5 heteroatoms. The van der Waals surface area contributed by atoms with Crippen LogP contribution in [-0.4, -0.2) is 50.6 Å². The Bertz CT molecular complexity index is 389. The van der Waals surface area contributed by atoms with Crippen LogP contribution in [0.15, 0.2) is 29.4 Å². The van der Waals surface area contributed by atoms with Crippen molar-refractivity contribution < 1.29 is 14.0 Å². The molecule has 0 aliphatic carbocycles. The van der Waals surface area contributed by atoms with Gasteiger partial charge in [0.15, 0.2) is 0 Å². The van der Waals surface area contributed by atoms with Gasteiger partial charge in [-0.15, -0.1) is 0 Å². The van der Waals surface area contributed by atoms with Crippen LogP contribution in [0.3, 0.4) is 0 Å². The van der Waals surface area contributed by atoms with Crippen LogP contribution in [0, 0.1) is 5.82 Å². The molecule has 0 saturated carbocycles. The number of halogens is 1. The standard InChI is InChI=1S/C14H19FN2O2/c15-14-4-2-13(3-5-14)12-16-19-9-1-6-17-7-10-18-11-8-17/h2-5,12H,1,6-11H2/b16-12+. The minimum Gasteiger partial charge on any atom is -0.396 e. The third-order valence-corrected chi connectivity index (χ3v) is 2.96. The average molecular weight is 266 g/mol. The fraction of sp³-hybridized carbons (Fsp3) is 0.500. The van der Waals surface area contributed by atoms with Gasteiger partial charge < -0.3 is 9.57 Å². The first-order valence-electron chi connectivity index (χ1n) is 6.55. The van der Waals surface area contributed by atoms with E-state index in [0.717, 1.165) is 44.8 Å². The summed E-state index contributed by atoms with van der Waals surface area (Å²) in [4.78, 5) is 7.53. The van der Waals surface area contributed by atoms with Crippen LogP contribution in [0.1, 0.15) is 12.0 Å². The molecule has 1 aliphatic rings. The molecule has 0 bridgehead atoms. The molecule has 1 aromatic rings. The topological polar surface area (TPSA) is 34.1 Å². The fourth-order valence-corrected chi connectivity index (χ4v) is 1.88. The number of nitrogens with zero attached hydrogens (tertiary/aromatic N) is 2. The summed E-state index contributed by atoms with van der Waals surface area (Å²) >= 11 is 0. The number of ether oxygens (including phenoxy) is 1. The zero-order valence-corrected chi connectivity index (χ0v) is 10.9. The first-order chi connectivity index (χ1) is 9.34. The molecule has 2 rings (SSSR count). The van der Waals surface area contributed by atoms with E-state index in [-0.39, 0.29) is 5.82 Å². The highest BCUT2D eigenvalue weighted by Crippen LogP contribution is 2.01. The van der Waals surface area contributed by atoms with Crippen LogP contribution < -0.4 is 0 Å². The number of benzene rings is 1. The highest BCUT2D eigenvalue weighted by molar-refractivity contribution is 5.78. The summed E-state index contributed by atoms with van der Waals surface area (Å²) in [6.45, 7) is 5.25. The molecule has 1 aliphatic heterocycles. The number of rotatable bonds is 6. The van der Waals surface area contributed by atoms with Crippen LogP contribution in [0.4, 0.5) is 4.39 Å². The van der Waals surface area contributed by atoms with E-state index < -0.39 is 0 Å². The maximum atomic E-state index is 12.7. The Kier molecular flexibility index (Phi) is 5.78. The van der Waals surface area contributed by atoms with E-state index in [1.54, 1.807) is 18.3 Å². The molecule has 1 aromatic carbocycles. The highest BCUT2D eigenvalue weighted by Gasteiger charge is 2.08. The quantitative estimate of drug-likeness (QED) is 0.448. The molecule has 0 amide bonds. The van der Waals surface area contributed by atoms with Gasteiger partial charge in [0.05, 0.1) is 19.4 Å². The molecule has 0 N–H and O–H groups in total. The summed E-state index contributed by atoms with van der Waals surface area (Å²) in [5.74, 6) is -0.247. The lowest BCUT2D eigenvalue weighted by Gasteiger charge is -2.26. The average Bonchev–Trinajstić information content (AvgIpc) is 2.46. The van der Waals surface area contributed by atoms with Gasteiger partial charge in [-0.3, -0.25) is 4.90 Å². The number of morpholine rings is 1. The largest absolute Gasteiger partial charge is 0.396 e. The van der Waals surface area contributed by atoms with E-state index in [1.807, 2.05) is 0 Å². The van der Waals surface area contributed by atoms with Gasteiger partial charge in [-0.25, -0.2) is 4.39 Å². The minimum absolute atomic E-state index is 0.247. The normalized spacial score (nSPS) is 16.9. The molecule has 0 spiro atoms. The first-order valence-corrected chi connectivity index (χ1v) is 6.55. The summed E-state index contributed by atoms with van der Waals surface area (Å²) in [5, 5.41) is 3.86. The first kappa shape index (κ1) is 14.0. The predicted molar refractivity (Wildman–Crippen MR) is 71.8 cm³/mol. The lowest BCUT2D eigenvalue weighted by molar-refractivity contribution is 0.0323. The summed E-state index contributed by atoms with van der Waals surface area (Å²) in [7, 11) is 0. The third-order valence-electron chi connectivity index (χ3n) is 2.96. The van der Waals surface area contributed by atoms with Crippen molar-refractivity contribution in [2.24, 2.45) is 5.16 Å². The summed E-state index contributed by atoms with van der Waals surface area (Å²) in [6, 6.07) is 6.13. The van der Waals surface area contributed by atoms with E-state index in [1.165, 1.54) is 12.1 Å². The van der Waals surface area contributed by atoms with Gasteiger partial charge in [0.1, 0.15) is 12.4 Å². The Labute approximate surface area is 112 Å². The molecule has 1 heterocycles. The van der Waals surface area contributed by atoms with Crippen LogP contribution in [0.25, 0.3) is 0 Å². The molecule has 104 valence electrons. The number of oxime groups is 1. The van der Waals surface area contributed by atoms with Crippen molar-refractivity contribution >= 4 is 6.21 Å². The van der Waals surface area contributed by atoms with E-state index in [4.69, 9.17) is 9.57 Å². The van der Waals surface area contributed by atoms with Gasteiger partial charge in [0.2, 0.25) is 0 Å². The lowest BCUT2D eigenvalue weighted by atomic mass is 10.2. The molecule has 19 heavy (non-hydrogen) atoms. The van der Waals surface area contributed by atoms with Gasteiger partial charge in [-0.1, -0.05) is 17.3 Å². The predicted octanol–water partition coefficient (Wildman–Crippen LogP) is 1.90. The Morgan fingerprint density at radius 2 is 2.00 bits per heavy atom. The van der Waals surface area contributed by atoms with Crippen molar-refractivity contribution in [2.75, 3.05) is 39.5 Å². The highest BCUT2D eigenvalue weighted by atomic mass is 19.1. The molecule has 0 unspecified atom stereocenters. The van der Waals surface area contributed by atoms with Gasteiger partial charge in [-0.05, 0) is 24.1 Å². The van der Waals surface area contributed by atoms with Crippen molar-refractivity contribution in [1.29, 1.82) is 0 Å². The van der Waals surface area contributed by atoms with E-state index in [2.05, 4.69) is 10.1 Å². The maximum absolute atomic E-state index is 12.7. The van der Waals surface area contributed by atoms with Crippen molar-refractivity contribution in [1.82, 2.24) is 4.90 Å². The van der Waals surface area contributed by atoms with E-state index in [0.29, 0.717) is 6.61 Å². The maximum Gasteiger partial charge on any atom is 0.123 e. The zero-order valence-electron chi connectivity index (χ0n) is 10.9. The molecule has 0 aromatic heterocycles. The van der Waals surface area contributed by atoms with Crippen molar-refractivity contribution in [3.05, 3.63) is 35.6 Å². The Hall–Kier alpha value is -1.46. The van der Waals surface area contributed by atoms with Crippen LogP contribution >= 0.6 is 0 Å². The van der Waals surface area contributed by atoms with E-state index in [9.17, 15) is 4.39 Å². The van der Waals surface area contributed by atoms with Crippen LogP contribution in [0.2, 0.25) is 0 Å². The van der Waals surface area contributed by atoms with Gasteiger partial charge in [-0.2, -0.15) is 0 Å². The van der Waals surface area contributed by atoms with Crippen molar-refractivity contribution in [2.45, 2.75) is 6.42 Å². The molecule has 4 nitrogen and oxygen atoms in total. The third kappa shape index (κ3) is 5.36. The minimum atomic E-state index is -0.247. The van der Waals surface area contributed by atoms with Crippen molar-refractivity contribution in [3.63, 3.8) is 0 Å². The Morgan fingerprint density at radius 1 is 1.26 bits per heavy atom. The Morgan fingerprint density at radius 3 is 2.74 bits per heavy atom. The fourth-order valence-electron chi connectivity index (χ4n) is 1.88. The van der Waals surface area contributed by atoms with Crippen molar-refractivity contribution in [3.8, 4) is 0 Å². The molecular weight excluding hydrogens is 247 g/mol. The Balaban J connectivity index is 1.57. The van der Waals surface area contributed by atoms with Gasteiger partial charge in [0, 0.05) is 19.6 Å². The SMILES string of the molecule is Fc1ccc(/C=N/OCCCN2CCOCC2)cc1. The van der Waals surface area contributed by atoms with Crippen LogP contribution in [0.5, 0.6) is 0 Å². The monoisotopic (exact) mass is 266 g/mol. The van der Waals surface area contributed by atoms with Crippen LogP contribution in [-0.2, 0) is 9.57 Å². The summed E-state index contributed by atoms with van der Waals surface area (Å²) in [5.41, 5.74) is 0.828. The summed E-state index contributed by atoms with van der Waals surface area (Å²) < 4.78 is 17.9. The van der Waals surface area contributed by atoms with E-state index >= 15 is 0 Å². The number of hydrogen-bond acceptors (Lipinski definition) is 4. The zero-order chi connectivity index (χ0) is 13.3. The summed E-state index contributed by atoms with van der Waals surface area (Å²) in [6.07, 6.45) is 2.54.